The molecule has 7 heteroatoms. The lowest BCUT2D eigenvalue weighted by molar-refractivity contribution is 0.238. The maximum atomic E-state index is 13.8. The summed E-state index contributed by atoms with van der Waals surface area (Å²) in [6.45, 7) is 4.11. The third-order valence-electron chi connectivity index (χ3n) is 6.20. The standard InChI is InChI=1S/C26H26FN5O/c27-21-8-5-9-22(15-21)33-25-23-18-31(17-20-7-4-6-19(14-20)16-28)13-10-24(23)29-26(30-25)32-11-2-1-3-12-32/h4-9,14-15H,1-3,10-13,17-18H2. The van der Waals surface area contributed by atoms with Gasteiger partial charge in [0.05, 0.1) is 22.9 Å². The van der Waals surface area contributed by atoms with Crippen LogP contribution >= 0.6 is 0 Å². The van der Waals surface area contributed by atoms with E-state index in [0.29, 0.717) is 29.7 Å². The Morgan fingerprint density at radius 3 is 2.67 bits per heavy atom. The average Bonchev–Trinajstić information content (AvgIpc) is 2.85. The maximum absolute atomic E-state index is 13.8. The van der Waals surface area contributed by atoms with E-state index in [1.807, 2.05) is 24.3 Å². The van der Waals surface area contributed by atoms with Crippen molar-refractivity contribution in [1.29, 1.82) is 5.26 Å². The molecule has 1 saturated heterocycles. The third-order valence-corrected chi connectivity index (χ3v) is 6.20. The van der Waals surface area contributed by atoms with Gasteiger partial charge in [0.1, 0.15) is 11.6 Å². The summed E-state index contributed by atoms with van der Waals surface area (Å²) in [5.41, 5.74) is 3.70. The molecule has 0 saturated carbocycles. The van der Waals surface area contributed by atoms with Crippen molar-refractivity contribution in [1.82, 2.24) is 14.9 Å². The minimum absolute atomic E-state index is 0.342. The Balaban J connectivity index is 1.45. The number of ether oxygens (including phenoxy) is 1. The molecular formula is C26H26FN5O. The van der Waals surface area contributed by atoms with Crippen LogP contribution in [0.5, 0.6) is 11.6 Å². The number of nitrogens with zero attached hydrogens (tertiary/aromatic N) is 5. The molecule has 33 heavy (non-hydrogen) atoms. The number of anilines is 1. The van der Waals surface area contributed by atoms with Gasteiger partial charge < -0.3 is 9.64 Å². The highest BCUT2D eigenvalue weighted by atomic mass is 19.1. The molecule has 3 heterocycles. The summed E-state index contributed by atoms with van der Waals surface area (Å²) in [7, 11) is 0. The molecule has 0 amide bonds. The van der Waals surface area contributed by atoms with Gasteiger partial charge in [0, 0.05) is 45.2 Å². The number of hydrogen-bond donors (Lipinski definition) is 0. The van der Waals surface area contributed by atoms with Crippen LogP contribution in [0.2, 0.25) is 0 Å². The van der Waals surface area contributed by atoms with Crippen LogP contribution in [0.4, 0.5) is 10.3 Å². The van der Waals surface area contributed by atoms with Gasteiger partial charge >= 0.3 is 0 Å². The summed E-state index contributed by atoms with van der Waals surface area (Å²) in [6.07, 6.45) is 4.29. The van der Waals surface area contributed by atoms with Crippen molar-refractivity contribution in [3.63, 3.8) is 0 Å². The average molecular weight is 444 g/mol. The van der Waals surface area contributed by atoms with E-state index >= 15 is 0 Å². The van der Waals surface area contributed by atoms with Crippen molar-refractivity contribution in [3.05, 3.63) is 76.7 Å². The first-order valence-corrected chi connectivity index (χ1v) is 11.5. The van der Waals surface area contributed by atoms with E-state index < -0.39 is 0 Å². The summed E-state index contributed by atoms with van der Waals surface area (Å²) in [5, 5.41) is 9.20. The molecule has 0 atom stereocenters. The molecule has 6 nitrogen and oxygen atoms in total. The highest BCUT2D eigenvalue weighted by Crippen LogP contribution is 2.32. The van der Waals surface area contributed by atoms with Gasteiger partial charge in [0.15, 0.2) is 0 Å². The fraction of sp³-hybridized carbons (Fsp3) is 0.346. The molecule has 168 valence electrons. The molecule has 0 radical (unpaired) electrons. The molecule has 0 unspecified atom stereocenters. The highest BCUT2D eigenvalue weighted by Gasteiger charge is 2.26. The van der Waals surface area contributed by atoms with Crippen LogP contribution in [0.25, 0.3) is 0 Å². The van der Waals surface area contributed by atoms with Crippen molar-refractivity contribution in [2.24, 2.45) is 0 Å². The summed E-state index contributed by atoms with van der Waals surface area (Å²) < 4.78 is 19.9. The Labute approximate surface area is 193 Å². The molecule has 1 fully saturated rings. The number of rotatable bonds is 5. The normalized spacial score (nSPS) is 16.2. The van der Waals surface area contributed by atoms with Gasteiger partial charge in [-0.05, 0) is 49.1 Å². The van der Waals surface area contributed by atoms with Crippen molar-refractivity contribution < 1.29 is 9.13 Å². The van der Waals surface area contributed by atoms with Gasteiger partial charge in [0.25, 0.3) is 0 Å². The molecule has 2 aliphatic heterocycles. The number of piperidine rings is 1. The Bertz CT molecular complexity index is 1190. The fourth-order valence-corrected chi connectivity index (χ4v) is 4.52. The lowest BCUT2D eigenvalue weighted by atomic mass is 10.0. The summed E-state index contributed by atoms with van der Waals surface area (Å²) >= 11 is 0. The minimum atomic E-state index is -0.342. The van der Waals surface area contributed by atoms with E-state index in [2.05, 4.69) is 15.9 Å². The first-order chi connectivity index (χ1) is 16.2. The van der Waals surface area contributed by atoms with Gasteiger partial charge in [-0.1, -0.05) is 18.2 Å². The summed E-state index contributed by atoms with van der Waals surface area (Å²) in [6, 6.07) is 16.1. The molecular weight excluding hydrogens is 417 g/mol. The maximum Gasteiger partial charge on any atom is 0.228 e. The van der Waals surface area contributed by atoms with Crippen LogP contribution in [0.15, 0.2) is 48.5 Å². The van der Waals surface area contributed by atoms with Crippen LogP contribution in [0.3, 0.4) is 0 Å². The lowest BCUT2D eigenvalue weighted by Gasteiger charge is -2.32. The zero-order chi connectivity index (χ0) is 22.6. The second-order valence-corrected chi connectivity index (χ2v) is 8.63. The van der Waals surface area contributed by atoms with Crippen LogP contribution < -0.4 is 9.64 Å². The molecule has 0 spiro atoms. The second kappa shape index (κ2) is 9.55. The topological polar surface area (TPSA) is 65.3 Å². The number of benzene rings is 2. The van der Waals surface area contributed by atoms with Crippen molar-refractivity contribution in [2.75, 3.05) is 24.5 Å². The first-order valence-electron chi connectivity index (χ1n) is 11.5. The van der Waals surface area contributed by atoms with Crippen LogP contribution in [-0.2, 0) is 19.5 Å². The SMILES string of the molecule is N#Cc1cccc(CN2CCc3nc(N4CCCCC4)nc(Oc4cccc(F)c4)c3C2)c1. The van der Waals surface area contributed by atoms with Gasteiger partial charge in [0.2, 0.25) is 11.8 Å². The number of nitriles is 1. The molecule has 2 aromatic carbocycles. The van der Waals surface area contributed by atoms with Gasteiger partial charge in [-0.15, -0.1) is 0 Å². The predicted octanol–water partition coefficient (Wildman–Crippen LogP) is 4.83. The van der Waals surface area contributed by atoms with Crippen molar-refractivity contribution in [3.8, 4) is 17.7 Å². The zero-order valence-electron chi connectivity index (χ0n) is 18.5. The van der Waals surface area contributed by atoms with Crippen molar-refractivity contribution >= 4 is 5.95 Å². The number of hydrogen-bond acceptors (Lipinski definition) is 6. The second-order valence-electron chi connectivity index (χ2n) is 8.63. The molecule has 0 aliphatic carbocycles. The number of halogens is 1. The minimum Gasteiger partial charge on any atom is -0.438 e. The number of fused-ring (bicyclic) bond motifs is 1. The van der Waals surface area contributed by atoms with Gasteiger partial charge in [-0.3, -0.25) is 4.90 Å². The Morgan fingerprint density at radius 2 is 1.85 bits per heavy atom. The third kappa shape index (κ3) is 4.96. The van der Waals surface area contributed by atoms with Gasteiger partial charge in [-0.2, -0.15) is 10.2 Å². The van der Waals surface area contributed by atoms with E-state index in [4.69, 9.17) is 14.7 Å². The molecule has 0 bridgehead atoms. The van der Waals surface area contributed by atoms with E-state index in [-0.39, 0.29) is 5.82 Å². The van der Waals surface area contributed by atoms with Crippen LogP contribution in [0, 0.1) is 17.1 Å². The summed E-state index contributed by atoms with van der Waals surface area (Å²) in [4.78, 5) is 14.3. The van der Waals surface area contributed by atoms with E-state index in [1.165, 1.54) is 18.6 Å². The Hall–Kier alpha value is -3.50. The van der Waals surface area contributed by atoms with E-state index in [0.717, 1.165) is 62.3 Å². The monoisotopic (exact) mass is 443 g/mol. The smallest absolute Gasteiger partial charge is 0.228 e. The van der Waals surface area contributed by atoms with Crippen LogP contribution in [-0.4, -0.2) is 34.5 Å². The Kier molecular flexibility index (Phi) is 6.18. The fourth-order valence-electron chi connectivity index (χ4n) is 4.52. The Morgan fingerprint density at radius 1 is 1.00 bits per heavy atom. The number of aromatic nitrogens is 2. The summed E-state index contributed by atoms with van der Waals surface area (Å²) in [5.74, 6) is 1.29. The molecule has 1 aromatic heterocycles. The predicted molar refractivity (Wildman–Crippen MR) is 124 cm³/mol. The van der Waals surface area contributed by atoms with Gasteiger partial charge in [-0.25, -0.2) is 9.37 Å². The quantitative estimate of drug-likeness (QED) is 0.563. The van der Waals surface area contributed by atoms with Crippen molar-refractivity contribution in [2.45, 2.75) is 38.8 Å². The molecule has 5 rings (SSSR count). The zero-order valence-corrected chi connectivity index (χ0v) is 18.5. The van der Waals surface area contributed by atoms with E-state index in [9.17, 15) is 9.65 Å². The molecule has 2 aliphatic rings. The lowest BCUT2D eigenvalue weighted by Crippen LogP contribution is -2.34. The van der Waals surface area contributed by atoms with E-state index in [1.54, 1.807) is 12.1 Å². The van der Waals surface area contributed by atoms with Crippen LogP contribution in [0.1, 0.15) is 41.6 Å². The largest absolute Gasteiger partial charge is 0.438 e. The first kappa shape index (κ1) is 21.4. The highest BCUT2D eigenvalue weighted by molar-refractivity contribution is 5.44. The molecule has 3 aromatic rings. The molecule has 0 N–H and O–H groups in total.